The van der Waals surface area contributed by atoms with Crippen LogP contribution >= 0.6 is 0 Å². The Morgan fingerprint density at radius 3 is 2.47 bits per heavy atom. The molecule has 0 radical (unpaired) electrons. The molecule has 3 atom stereocenters. The average Bonchev–Trinajstić information content (AvgIpc) is 2.09. The third-order valence-electron chi connectivity index (χ3n) is 3.18. The summed E-state index contributed by atoms with van der Waals surface area (Å²) in [6.45, 7) is 9.76. The van der Waals surface area contributed by atoms with Crippen LogP contribution in [0.3, 0.4) is 0 Å². The molecule has 1 aliphatic heterocycles. The molecule has 4 nitrogen and oxygen atoms in total. The molecular formula is C13H24O4. The first-order valence-corrected chi connectivity index (χ1v) is 6.28. The lowest BCUT2D eigenvalue weighted by molar-refractivity contribution is -0.336. The molecule has 100 valence electrons. The van der Waals surface area contributed by atoms with Gasteiger partial charge in [0.05, 0.1) is 17.6 Å². The van der Waals surface area contributed by atoms with Crippen LogP contribution in [0, 0.1) is 5.92 Å². The van der Waals surface area contributed by atoms with Crippen molar-refractivity contribution in [3.63, 3.8) is 0 Å². The highest BCUT2D eigenvalue weighted by Gasteiger charge is 2.43. The topological polar surface area (TPSA) is 55.8 Å². The maximum atomic E-state index is 11.1. The molecule has 0 aromatic heterocycles. The number of aliphatic carboxylic acids is 1. The van der Waals surface area contributed by atoms with Gasteiger partial charge in [0, 0.05) is 12.8 Å². The molecule has 1 fully saturated rings. The summed E-state index contributed by atoms with van der Waals surface area (Å²) < 4.78 is 11.7. The van der Waals surface area contributed by atoms with Gasteiger partial charge in [0.15, 0.2) is 5.79 Å². The van der Waals surface area contributed by atoms with Crippen molar-refractivity contribution in [2.75, 3.05) is 0 Å². The van der Waals surface area contributed by atoms with E-state index in [-0.39, 0.29) is 11.7 Å². The molecule has 0 aromatic carbocycles. The summed E-state index contributed by atoms with van der Waals surface area (Å²) in [5.74, 6) is -1.99. The lowest BCUT2D eigenvalue weighted by atomic mass is 9.93. The lowest BCUT2D eigenvalue weighted by Crippen LogP contribution is -2.51. The molecule has 17 heavy (non-hydrogen) atoms. The molecule has 0 amide bonds. The highest BCUT2D eigenvalue weighted by molar-refractivity contribution is 5.69. The van der Waals surface area contributed by atoms with Crippen LogP contribution in [0.1, 0.15) is 53.9 Å². The first-order chi connectivity index (χ1) is 7.67. The molecule has 4 heteroatoms. The molecule has 1 heterocycles. The van der Waals surface area contributed by atoms with Gasteiger partial charge in [-0.3, -0.25) is 4.79 Å². The van der Waals surface area contributed by atoms with Crippen LogP contribution in [0.4, 0.5) is 0 Å². The van der Waals surface area contributed by atoms with Crippen LogP contribution in [0.5, 0.6) is 0 Å². The molecule has 1 saturated heterocycles. The maximum Gasteiger partial charge on any atom is 0.306 e. The fourth-order valence-corrected chi connectivity index (χ4v) is 2.75. The van der Waals surface area contributed by atoms with Gasteiger partial charge in [-0.05, 0) is 34.1 Å². The van der Waals surface area contributed by atoms with E-state index in [4.69, 9.17) is 14.6 Å². The van der Waals surface area contributed by atoms with Gasteiger partial charge in [0.2, 0.25) is 0 Å². The number of carboxylic acid groups (broad SMARTS) is 1. The highest BCUT2D eigenvalue weighted by Crippen LogP contribution is 2.37. The summed E-state index contributed by atoms with van der Waals surface area (Å²) >= 11 is 0. The Bertz CT molecular complexity index is 287. The first-order valence-electron chi connectivity index (χ1n) is 6.28. The Balaban J connectivity index is 2.76. The summed E-state index contributed by atoms with van der Waals surface area (Å²) in [6.07, 6.45) is 1.90. The van der Waals surface area contributed by atoms with E-state index in [1.807, 2.05) is 34.6 Å². The fraction of sp³-hybridized carbons (Fsp3) is 0.923. The second kappa shape index (κ2) is 4.94. The van der Waals surface area contributed by atoms with Crippen LogP contribution in [0.2, 0.25) is 0 Å². The molecule has 1 rings (SSSR count). The van der Waals surface area contributed by atoms with Gasteiger partial charge >= 0.3 is 5.97 Å². The zero-order valence-electron chi connectivity index (χ0n) is 11.4. The third-order valence-corrected chi connectivity index (χ3v) is 3.18. The third kappa shape index (κ3) is 3.96. The second-order valence-electron chi connectivity index (χ2n) is 5.78. The standard InChI is InChI=1S/C13H24O4/c1-6-10(11(14)15)8-13(5)16-9(2)7-12(3,4)17-13/h9-10H,6-8H2,1-5H3,(H,14,15). The summed E-state index contributed by atoms with van der Waals surface area (Å²) in [6, 6.07) is 0. The molecule has 1 N–H and O–H groups in total. The average molecular weight is 244 g/mol. The molecule has 0 aliphatic carbocycles. The van der Waals surface area contributed by atoms with Crippen molar-refractivity contribution >= 4 is 5.97 Å². The quantitative estimate of drug-likeness (QED) is 0.826. The van der Waals surface area contributed by atoms with E-state index in [9.17, 15) is 4.79 Å². The number of hydrogen-bond donors (Lipinski definition) is 1. The van der Waals surface area contributed by atoms with Gasteiger partial charge in [-0.1, -0.05) is 6.92 Å². The summed E-state index contributed by atoms with van der Waals surface area (Å²) in [7, 11) is 0. The number of carboxylic acids is 1. The molecule has 1 aliphatic rings. The molecule has 0 saturated carbocycles. The van der Waals surface area contributed by atoms with E-state index < -0.39 is 17.7 Å². The van der Waals surface area contributed by atoms with Crippen LogP contribution in [0.25, 0.3) is 0 Å². The Labute approximate surface area is 103 Å². The monoisotopic (exact) mass is 244 g/mol. The van der Waals surface area contributed by atoms with E-state index in [0.717, 1.165) is 6.42 Å². The van der Waals surface area contributed by atoms with E-state index in [1.165, 1.54) is 0 Å². The van der Waals surface area contributed by atoms with E-state index in [2.05, 4.69) is 0 Å². The molecular weight excluding hydrogens is 220 g/mol. The first kappa shape index (κ1) is 14.5. The molecule has 0 spiro atoms. The van der Waals surface area contributed by atoms with Gasteiger partial charge in [-0.15, -0.1) is 0 Å². The van der Waals surface area contributed by atoms with Gasteiger partial charge in [-0.2, -0.15) is 0 Å². The lowest BCUT2D eigenvalue weighted by Gasteiger charge is -2.46. The SMILES string of the molecule is CCC(CC1(C)OC(C)CC(C)(C)O1)C(=O)O. The largest absolute Gasteiger partial charge is 0.481 e. The minimum Gasteiger partial charge on any atom is -0.481 e. The van der Waals surface area contributed by atoms with Crippen molar-refractivity contribution in [1.82, 2.24) is 0 Å². The summed E-state index contributed by atoms with van der Waals surface area (Å²) in [4.78, 5) is 11.1. The predicted molar refractivity (Wildman–Crippen MR) is 64.8 cm³/mol. The van der Waals surface area contributed by atoms with E-state index in [0.29, 0.717) is 12.8 Å². The van der Waals surface area contributed by atoms with E-state index in [1.54, 1.807) is 0 Å². The Kier molecular flexibility index (Phi) is 4.20. The Morgan fingerprint density at radius 1 is 1.47 bits per heavy atom. The van der Waals surface area contributed by atoms with E-state index >= 15 is 0 Å². The Morgan fingerprint density at radius 2 is 2.06 bits per heavy atom. The van der Waals surface area contributed by atoms with Crippen molar-refractivity contribution in [2.24, 2.45) is 5.92 Å². The Hall–Kier alpha value is -0.610. The smallest absolute Gasteiger partial charge is 0.306 e. The summed E-state index contributed by atoms with van der Waals surface area (Å²) in [5.41, 5.74) is -0.261. The van der Waals surface area contributed by atoms with Gasteiger partial charge in [0.1, 0.15) is 0 Å². The van der Waals surface area contributed by atoms with Gasteiger partial charge in [0.25, 0.3) is 0 Å². The number of carbonyl (C=O) groups is 1. The van der Waals surface area contributed by atoms with Crippen molar-refractivity contribution in [3.8, 4) is 0 Å². The van der Waals surface area contributed by atoms with Crippen LogP contribution in [0.15, 0.2) is 0 Å². The highest BCUT2D eigenvalue weighted by atomic mass is 16.7. The number of hydrogen-bond acceptors (Lipinski definition) is 3. The fourth-order valence-electron chi connectivity index (χ4n) is 2.75. The molecule has 3 unspecified atom stereocenters. The maximum absolute atomic E-state index is 11.1. The number of rotatable bonds is 4. The second-order valence-corrected chi connectivity index (χ2v) is 5.78. The van der Waals surface area contributed by atoms with Crippen LogP contribution < -0.4 is 0 Å². The van der Waals surface area contributed by atoms with Crippen molar-refractivity contribution in [2.45, 2.75) is 71.4 Å². The van der Waals surface area contributed by atoms with Crippen molar-refractivity contribution < 1.29 is 19.4 Å². The molecule has 0 bridgehead atoms. The van der Waals surface area contributed by atoms with Crippen LogP contribution in [-0.2, 0) is 14.3 Å². The zero-order valence-corrected chi connectivity index (χ0v) is 11.4. The van der Waals surface area contributed by atoms with Crippen LogP contribution in [-0.4, -0.2) is 28.6 Å². The van der Waals surface area contributed by atoms with Crippen molar-refractivity contribution in [1.29, 1.82) is 0 Å². The normalized spacial score (nSPS) is 34.3. The number of ether oxygens (including phenoxy) is 2. The predicted octanol–water partition coefficient (Wildman–Crippen LogP) is 2.81. The van der Waals surface area contributed by atoms with Crippen molar-refractivity contribution in [3.05, 3.63) is 0 Å². The molecule has 0 aromatic rings. The minimum atomic E-state index is -0.791. The van der Waals surface area contributed by atoms with Gasteiger partial charge < -0.3 is 14.6 Å². The summed E-state index contributed by atoms with van der Waals surface area (Å²) in [5, 5.41) is 9.10. The minimum absolute atomic E-state index is 0.0926. The zero-order chi connectivity index (χ0) is 13.3. The van der Waals surface area contributed by atoms with Gasteiger partial charge in [-0.25, -0.2) is 0 Å².